The Bertz CT molecular complexity index is 3230. The lowest BCUT2D eigenvalue weighted by molar-refractivity contribution is 0.557. The Morgan fingerprint density at radius 1 is 0.683 bits per heavy atom. The van der Waals surface area contributed by atoms with E-state index in [9.17, 15) is 0 Å². The van der Waals surface area contributed by atoms with Crippen LogP contribution in [0.4, 0.5) is 11.4 Å². The van der Waals surface area contributed by atoms with Gasteiger partial charge in [-0.2, -0.15) is 0 Å². The molecule has 4 aliphatic carbocycles. The van der Waals surface area contributed by atoms with Gasteiger partial charge in [0, 0.05) is 54.4 Å². The quantitative estimate of drug-likeness (QED) is 0.143. The number of nitrogens with zero attached hydrogens (tertiary/aromatic N) is 1. The van der Waals surface area contributed by atoms with E-state index in [2.05, 4.69) is 200 Å². The van der Waals surface area contributed by atoms with Gasteiger partial charge in [0.15, 0.2) is 0 Å². The topological polar surface area (TPSA) is 16.4 Å². The maximum absolute atomic E-state index is 7.06. The van der Waals surface area contributed by atoms with Crippen molar-refractivity contribution in [1.82, 2.24) is 0 Å². The lowest BCUT2D eigenvalue weighted by atomic mass is 9.80. The van der Waals surface area contributed by atoms with Crippen LogP contribution in [0.25, 0.3) is 52.9 Å². The van der Waals surface area contributed by atoms with Crippen molar-refractivity contribution in [2.24, 2.45) is 17.8 Å². The molecule has 3 heteroatoms. The maximum Gasteiger partial charge on any atom is 0.145 e. The summed E-state index contributed by atoms with van der Waals surface area (Å²) < 4.78 is 9.66. The second kappa shape index (κ2) is 14.4. The zero-order valence-electron chi connectivity index (χ0n) is 33.7. The van der Waals surface area contributed by atoms with Gasteiger partial charge in [-0.15, -0.1) is 11.3 Å². The number of benzene rings is 6. The molecule has 4 aliphatic rings. The first-order chi connectivity index (χ1) is 29.6. The lowest BCUT2D eigenvalue weighted by Gasteiger charge is -2.31. The van der Waals surface area contributed by atoms with E-state index in [-0.39, 0.29) is 5.92 Å². The van der Waals surface area contributed by atoms with Gasteiger partial charge < -0.3 is 9.32 Å². The summed E-state index contributed by atoms with van der Waals surface area (Å²) in [6.45, 7) is 2.30. The molecule has 0 bridgehead atoms. The van der Waals surface area contributed by atoms with Crippen LogP contribution in [0.2, 0.25) is 0 Å². The fourth-order valence-corrected chi connectivity index (χ4v) is 11.7. The second-order valence-corrected chi connectivity index (χ2v) is 18.2. The molecular weight excluding hydrogens is 747 g/mol. The molecule has 290 valence electrons. The zero-order chi connectivity index (χ0) is 39.7. The average molecular weight is 792 g/mol. The third-order valence-electron chi connectivity index (χ3n) is 13.5. The van der Waals surface area contributed by atoms with E-state index < -0.39 is 0 Å². The molecule has 0 aliphatic heterocycles. The number of anilines is 2. The maximum atomic E-state index is 7.06. The van der Waals surface area contributed by atoms with E-state index in [1.807, 2.05) is 11.3 Å². The van der Waals surface area contributed by atoms with Gasteiger partial charge in [-0.05, 0) is 95.7 Å². The molecule has 2 aromatic heterocycles. The summed E-state index contributed by atoms with van der Waals surface area (Å²) in [5.74, 6) is 2.07. The minimum atomic E-state index is 0.245. The Kier molecular flexibility index (Phi) is 8.52. The van der Waals surface area contributed by atoms with Crippen LogP contribution < -0.4 is 4.90 Å². The third kappa shape index (κ3) is 5.90. The zero-order valence-corrected chi connectivity index (χ0v) is 34.5. The van der Waals surface area contributed by atoms with Gasteiger partial charge in [0.2, 0.25) is 0 Å². The lowest BCUT2D eigenvalue weighted by Crippen LogP contribution is -2.18. The first kappa shape index (κ1) is 35.5. The SMILES string of the molecule is CC1C=CC(C(CC2=CCC3C=CC=C[C@H]23)c2ccc3oc4c5ccccc5cc(N(C5=CC[C@H](c6ccccc6)C=C5)c5cccc6sc7ccccc7c56)c4c3c2)=C1. The van der Waals surface area contributed by atoms with Crippen LogP contribution >= 0.6 is 11.3 Å². The fourth-order valence-electron chi connectivity index (χ4n) is 10.6. The first-order valence-electron chi connectivity index (χ1n) is 21.6. The molecule has 2 nitrogen and oxygen atoms in total. The van der Waals surface area contributed by atoms with Crippen LogP contribution in [0, 0.1) is 17.8 Å². The van der Waals surface area contributed by atoms with Gasteiger partial charge in [0.05, 0.1) is 16.8 Å². The van der Waals surface area contributed by atoms with Crippen molar-refractivity contribution in [1.29, 1.82) is 0 Å². The predicted octanol–water partition coefficient (Wildman–Crippen LogP) is 16.2. The van der Waals surface area contributed by atoms with E-state index in [0.717, 1.165) is 52.3 Å². The molecular formula is C57H45NOS. The molecule has 60 heavy (non-hydrogen) atoms. The van der Waals surface area contributed by atoms with Crippen molar-refractivity contribution in [3.05, 3.63) is 216 Å². The molecule has 0 radical (unpaired) electrons. The van der Waals surface area contributed by atoms with Crippen LogP contribution in [0.5, 0.6) is 0 Å². The van der Waals surface area contributed by atoms with Gasteiger partial charge in [0.1, 0.15) is 11.2 Å². The van der Waals surface area contributed by atoms with Crippen LogP contribution in [0.3, 0.4) is 0 Å². The Morgan fingerprint density at radius 3 is 2.38 bits per heavy atom. The molecule has 0 saturated heterocycles. The highest BCUT2D eigenvalue weighted by Gasteiger charge is 2.32. The van der Waals surface area contributed by atoms with Gasteiger partial charge in [-0.25, -0.2) is 0 Å². The number of rotatable bonds is 8. The summed E-state index contributed by atoms with van der Waals surface area (Å²) in [5, 5.41) is 7.20. The van der Waals surface area contributed by atoms with Crippen molar-refractivity contribution in [3.8, 4) is 0 Å². The first-order valence-corrected chi connectivity index (χ1v) is 22.4. The Labute approximate surface area is 355 Å². The molecule has 0 N–H and O–H groups in total. The van der Waals surface area contributed by atoms with Crippen molar-refractivity contribution in [2.45, 2.75) is 38.0 Å². The van der Waals surface area contributed by atoms with E-state index in [4.69, 9.17) is 4.42 Å². The van der Waals surface area contributed by atoms with Crippen molar-refractivity contribution < 1.29 is 4.42 Å². The van der Waals surface area contributed by atoms with Gasteiger partial charge in [-0.1, -0.05) is 158 Å². The largest absolute Gasteiger partial charge is 0.455 e. The molecule has 3 unspecified atom stereocenters. The summed E-state index contributed by atoms with van der Waals surface area (Å²) in [7, 11) is 0. The molecule has 5 atom stereocenters. The molecule has 6 aromatic carbocycles. The second-order valence-electron chi connectivity index (χ2n) is 17.1. The molecule has 12 rings (SSSR count). The summed E-state index contributed by atoms with van der Waals surface area (Å²) in [6.07, 6.45) is 29.3. The van der Waals surface area contributed by atoms with Crippen molar-refractivity contribution in [2.75, 3.05) is 4.90 Å². The molecule has 2 heterocycles. The number of fused-ring (bicyclic) bond motifs is 9. The highest BCUT2D eigenvalue weighted by Crippen LogP contribution is 2.50. The minimum Gasteiger partial charge on any atom is -0.455 e. The van der Waals surface area contributed by atoms with Gasteiger partial charge in [-0.3, -0.25) is 0 Å². The van der Waals surface area contributed by atoms with Crippen LogP contribution in [-0.4, -0.2) is 0 Å². The minimum absolute atomic E-state index is 0.245. The summed E-state index contributed by atoms with van der Waals surface area (Å²) in [5.41, 5.74) is 11.0. The van der Waals surface area contributed by atoms with Crippen molar-refractivity contribution in [3.63, 3.8) is 0 Å². The number of furan rings is 1. The summed E-state index contributed by atoms with van der Waals surface area (Å²) in [4.78, 5) is 2.55. The molecule has 0 amide bonds. The molecule has 0 fully saturated rings. The predicted molar refractivity (Wildman–Crippen MR) is 255 cm³/mol. The molecule has 0 saturated carbocycles. The highest BCUT2D eigenvalue weighted by atomic mass is 32.1. The number of allylic oxidation sites excluding steroid dienone is 13. The summed E-state index contributed by atoms with van der Waals surface area (Å²) in [6, 6.07) is 44.8. The van der Waals surface area contributed by atoms with E-state index in [0.29, 0.717) is 23.7 Å². The average Bonchev–Trinajstić information content (AvgIpc) is 4.10. The van der Waals surface area contributed by atoms with Gasteiger partial charge >= 0.3 is 0 Å². The van der Waals surface area contributed by atoms with Crippen LogP contribution in [0.1, 0.15) is 49.1 Å². The standard InChI is InChI=1S/C57H45NOS/c1-36-22-23-41(32-36)48(33-42-25-24-39-14-5-7-16-45(39)42)43-28-31-52-49(34-43)56-51(35-40-15-6-8-17-46(40)57(56)59-52)58(44-29-26-38(27-30-44)37-12-3-2-4-13-37)50-19-11-21-54-55(50)47-18-9-10-20-53(47)60-54/h2-23,25-26,28-32,34-36,38-39,45,48H,24,27,33H2,1H3/t36?,38-,39?,45+,48?/m1/s1. The smallest absolute Gasteiger partial charge is 0.145 e. The fraction of sp³-hybridized carbons (Fsp3) is 0.158. The number of hydrogen-bond donors (Lipinski definition) is 0. The molecule has 0 spiro atoms. The Balaban J connectivity index is 1.09. The van der Waals surface area contributed by atoms with E-state index in [1.165, 1.54) is 53.6 Å². The van der Waals surface area contributed by atoms with Crippen LogP contribution in [0.15, 0.2) is 209 Å². The molecule has 8 aromatic rings. The Morgan fingerprint density at radius 2 is 1.52 bits per heavy atom. The Hall–Kier alpha value is -6.42. The van der Waals surface area contributed by atoms with Gasteiger partial charge in [0.25, 0.3) is 0 Å². The van der Waals surface area contributed by atoms with Crippen molar-refractivity contribution >= 4 is 75.6 Å². The van der Waals surface area contributed by atoms with E-state index >= 15 is 0 Å². The van der Waals surface area contributed by atoms with E-state index in [1.54, 1.807) is 5.57 Å². The highest BCUT2D eigenvalue weighted by molar-refractivity contribution is 7.26. The van der Waals surface area contributed by atoms with Crippen LogP contribution in [-0.2, 0) is 0 Å². The number of hydrogen-bond acceptors (Lipinski definition) is 3. The summed E-state index contributed by atoms with van der Waals surface area (Å²) >= 11 is 1.87. The monoisotopic (exact) mass is 791 g/mol. The number of thiophene rings is 1. The third-order valence-corrected chi connectivity index (χ3v) is 14.7. The normalized spacial score (nSPS) is 21.3.